The third-order valence-corrected chi connectivity index (χ3v) is 3.15. The standard InChI is InChI=1S/C10H7F4IO2/c11-8-6(9(16)3-17-4-9)1-5(15)2-7(8)10(12,13)14/h1-2,16H,3-4H2. The van der Waals surface area contributed by atoms with Crippen LogP contribution in [0.1, 0.15) is 11.1 Å². The van der Waals surface area contributed by atoms with Gasteiger partial charge in [0, 0.05) is 9.13 Å². The van der Waals surface area contributed by atoms with E-state index in [2.05, 4.69) is 0 Å². The van der Waals surface area contributed by atoms with Crippen molar-refractivity contribution in [3.8, 4) is 0 Å². The quantitative estimate of drug-likeness (QED) is 0.615. The van der Waals surface area contributed by atoms with Crippen LogP contribution in [0.15, 0.2) is 12.1 Å². The van der Waals surface area contributed by atoms with E-state index < -0.39 is 23.2 Å². The molecule has 1 aliphatic heterocycles. The maximum absolute atomic E-state index is 13.7. The summed E-state index contributed by atoms with van der Waals surface area (Å²) in [6, 6.07) is 1.91. The lowest BCUT2D eigenvalue weighted by Gasteiger charge is -2.37. The fraction of sp³-hybridized carbons (Fsp3) is 0.400. The highest BCUT2D eigenvalue weighted by Gasteiger charge is 2.44. The number of ether oxygens (including phenoxy) is 1. The maximum Gasteiger partial charge on any atom is 0.419 e. The molecule has 1 saturated heterocycles. The number of benzene rings is 1. The minimum atomic E-state index is -4.78. The molecule has 0 radical (unpaired) electrons. The van der Waals surface area contributed by atoms with Crippen molar-refractivity contribution in [3.05, 3.63) is 32.6 Å². The van der Waals surface area contributed by atoms with E-state index in [0.29, 0.717) is 6.07 Å². The Kier molecular flexibility index (Phi) is 3.11. The number of halogens is 5. The van der Waals surface area contributed by atoms with Crippen LogP contribution in [0, 0.1) is 9.39 Å². The van der Waals surface area contributed by atoms with Crippen molar-refractivity contribution >= 4 is 22.6 Å². The van der Waals surface area contributed by atoms with Crippen molar-refractivity contribution in [1.29, 1.82) is 0 Å². The lowest BCUT2D eigenvalue weighted by Crippen LogP contribution is -2.47. The highest BCUT2D eigenvalue weighted by molar-refractivity contribution is 14.1. The molecular formula is C10H7F4IO2. The molecule has 0 bridgehead atoms. The van der Waals surface area contributed by atoms with E-state index in [-0.39, 0.29) is 22.3 Å². The normalized spacial score (nSPS) is 18.9. The second-order valence-corrected chi connectivity index (χ2v) is 5.08. The number of hydrogen-bond donors (Lipinski definition) is 1. The molecule has 7 heteroatoms. The summed E-state index contributed by atoms with van der Waals surface area (Å²) in [6.07, 6.45) is -4.78. The van der Waals surface area contributed by atoms with Crippen molar-refractivity contribution in [2.75, 3.05) is 13.2 Å². The van der Waals surface area contributed by atoms with E-state index in [1.165, 1.54) is 6.07 Å². The lowest BCUT2D eigenvalue weighted by molar-refractivity contribution is -0.187. The predicted octanol–water partition coefficient (Wildman–Crippen LogP) is 2.67. The first kappa shape index (κ1) is 13.0. The summed E-state index contributed by atoms with van der Waals surface area (Å²) in [5.74, 6) is -1.43. The molecule has 1 N–H and O–H groups in total. The van der Waals surface area contributed by atoms with E-state index in [0.717, 1.165) is 0 Å². The van der Waals surface area contributed by atoms with Crippen LogP contribution in [0.3, 0.4) is 0 Å². The van der Waals surface area contributed by atoms with Crippen LogP contribution in [0.25, 0.3) is 0 Å². The Morgan fingerprint density at radius 2 is 1.88 bits per heavy atom. The van der Waals surface area contributed by atoms with Gasteiger partial charge in [-0.05, 0) is 34.7 Å². The molecule has 1 heterocycles. The van der Waals surface area contributed by atoms with Crippen LogP contribution >= 0.6 is 22.6 Å². The Balaban J connectivity index is 2.58. The first-order chi connectivity index (χ1) is 7.74. The Hall–Kier alpha value is -0.410. The molecule has 17 heavy (non-hydrogen) atoms. The monoisotopic (exact) mass is 362 g/mol. The predicted molar refractivity (Wildman–Crippen MR) is 58.8 cm³/mol. The summed E-state index contributed by atoms with van der Waals surface area (Å²) in [6.45, 7) is -0.386. The van der Waals surface area contributed by atoms with E-state index in [1.54, 1.807) is 22.6 Å². The van der Waals surface area contributed by atoms with Crippen LogP contribution in [0.4, 0.5) is 17.6 Å². The minimum Gasteiger partial charge on any atom is -0.380 e. The van der Waals surface area contributed by atoms with Crippen LogP contribution in [0.2, 0.25) is 0 Å². The maximum atomic E-state index is 13.7. The van der Waals surface area contributed by atoms with E-state index in [1.807, 2.05) is 0 Å². The SMILES string of the molecule is OC1(c2cc(I)cc(C(F)(F)F)c2F)COC1. The number of hydrogen-bond acceptors (Lipinski definition) is 2. The molecule has 1 aliphatic rings. The summed E-state index contributed by atoms with van der Waals surface area (Å²) in [5, 5.41) is 9.84. The van der Waals surface area contributed by atoms with Crippen LogP contribution in [0.5, 0.6) is 0 Å². The zero-order valence-corrected chi connectivity index (χ0v) is 10.5. The Morgan fingerprint density at radius 3 is 2.29 bits per heavy atom. The van der Waals surface area contributed by atoms with Crippen molar-refractivity contribution in [3.63, 3.8) is 0 Å². The minimum absolute atomic E-state index is 0.193. The fourth-order valence-corrected chi connectivity index (χ4v) is 2.21. The Labute approximate surface area is 108 Å². The second kappa shape index (κ2) is 4.06. The largest absolute Gasteiger partial charge is 0.419 e. The topological polar surface area (TPSA) is 29.5 Å². The smallest absolute Gasteiger partial charge is 0.380 e. The summed E-state index contributed by atoms with van der Waals surface area (Å²) < 4.78 is 56.3. The summed E-state index contributed by atoms with van der Waals surface area (Å²) in [7, 11) is 0. The molecule has 0 saturated carbocycles. The summed E-state index contributed by atoms with van der Waals surface area (Å²) in [4.78, 5) is 0. The van der Waals surface area contributed by atoms with Crippen molar-refractivity contribution in [1.82, 2.24) is 0 Å². The molecule has 94 valence electrons. The van der Waals surface area contributed by atoms with Gasteiger partial charge in [-0.25, -0.2) is 4.39 Å². The average molecular weight is 362 g/mol. The van der Waals surface area contributed by atoms with Crippen molar-refractivity contribution in [2.45, 2.75) is 11.8 Å². The second-order valence-electron chi connectivity index (χ2n) is 3.84. The first-order valence-corrected chi connectivity index (χ1v) is 5.69. The molecule has 1 aromatic rings. The molecule has 1 aromatic carbocycles. The molecule has 0 atom stereocenters. The summed E-state index contributed by atoms with van der Waals surface area (Å²) >= 11 is 1.65. The van der Waals surface area contributed by atoms with Gasteiger partial charge in [0.05, 0.1) is 18.8 Å². The average Bonchev–Trinajstić information content (AvgIpc) is 2.16. The fourth-order valence-electron chi connectivity index (χ4n) is 1.59. The van der Waals surface area contributed by atoms with E-state index in [4.69, 9.17) is 4.74 Å². The van der Waals surface area contributed by atoms with E-state index in [9.17, 15) is 22.7 Å². The Morgan fingerprint density at radius 1 is 1.29 bits per heavy atom. The summed E-state index contributed by atoms with van der Waals surface area (Å²) in [5.41, 5.74) is -3.37. The van der Waals surface area contributed by atoms with Gasteiger partial charge >= 0.3 is 6.18 Å². The molecule has 0 aliphatic carbocycles. The van der Waals surface area contributed by atoms with Gasteiger partial charge in [-0.2, -0.15) is 13.2 Å². The van der Waals surface area contributed by atoms with Gasteiger partial charge in [0.1, 0.15) is 11.4 Å². The molecule has 2 nitrogen and oxygen atoms in total. The highest BCUT2D eigenvalue weighted by atomic mass is 127. The molecule has 2 rings (SSSR count). The molecule has 0 aromatic heterocycles. The van der Waals surface area contributed by atoms with Crippen LogP contribution < -0.4 is 0 Å². The van der Waals surface area contributed by atoms with Gasteiger partial charge in [-0.1, -0.05) is 0 Å². The van der Waals surface area contributed by atoms with Crippen LogP contribution in [-0.4, -0.2) is 18.3 Å². The molecule has 0 unspecified atom stereocenters. The highest BCUT2D eigenvalue weighted by Crippen LogP contribution is 2.39. The third-order valence-electron chi connectivity index (χ3n) is 2.53. The number of rotatable bonds is 1. The molecule has 0 amide bonds. The number of aliphatic hydroxyl groups is 1. The Bertz CT molecular complexity index is 454. The van der Waals surface area contributed by atoms with Gasteiger partial charge < -0.3 is 9.84 Å². The van der Waals surface area contributed by atoms with Gasteiger partial charge in [0.25, 0.3) is 0 Å². The van der Waals surface area contributed by atoms with Gasteiger partial charge in [-0.3, -0.25) is 0 Å². The van der Waals surface area contributed by atoms with Gasteiger partial charge in [0.15, 0.2) is 0 Å². The van der Waals surface area contributed by atoms with Crippen LogP contribution in [-0.2, 0) is 16.5 Å². The zero-order chi connectivity index (χ0) is 12.8. The third kappa shape index (κ3) is 2.27. The van der Waals surface area contributed by atoms with E-state index >= 15 is 0 Å². The van der Waals surface area contributed by atoms with Gasteiger partial charge in [0.2, 0.25) is 0 Å². The molecule has 0 spiro atoms. The first-order valence-electron chi connectivity index (χ1n) is 4.61. The zero-order valence-electron chi connectivity index (χ0n) is 8.31. The van der Waals surface area contributed by atoms with Crippen molar-refractivity contribution < 1.29 is 27.4 Å². The molecular weight excluding hydrogens is 355 g/mol. The van der Waals surface area contributed by atoms with Crippen molar-refractivity contribution in [2.24, 2.45) is 0 Å². The number of alkyl halides is 3. The molecule has 1 fully saturated rings. The lowest BCUT2D eigenvalue weighted by atomic mass is 9.90. The van der Waals surface area contributed by atoms with Gasteiger partial charge in [-0.15, -0.1) is 0 Å².